The summed E-state index contributed by atoms with van der Waals surface area (Å²) in [6.07, 6.45) is 0.170. The molecule has 6 heteroatoms. The highest BCUT2D eigenvalue weighted by molar-refractivity contribution is 9.10. The van der Waals surface area contributed by atoms with Gasteiger partial charge in [0.1, 0.15) is 11.6 Å². The van der Waals surface area contributed by atoms with Crippen molar-refractivity contribution in [3.05, 3.63) is 34.3 Å². The van der Waals surface area contributed by atoms with E-state index in [-0.39, 0.29) is 6.42 Å². The standard InChI is InChI=1S/C15H20BrNO4/c1-15(2,3)21-14(20)12(17)11(13(18)19)8-9-4-6-10(16)7-5-9/h4-7,11-12H,8,17H2,1-3H3,(H,18,19). The number of benzene rings is 1. The van der Waals surface area contributed by atoms with Crippen LogP contribution in [-0.2, 0) is 20.7 Å². The van der Waals surface area contributed by atoms with Crippen molar-refractivity contribution in [2.75, 3.05) is 0 Å². The average molecular weight is 358 g/mol. The molecule has 1 aromatic carbocycles. The maximum absolute atomic E-state index is 11.9. The molecule has 0 spiro atoms. The van der Waals surface area contributed by atoms with E-state index in [1.165, 1.54) is 0 Å². The number of aliphatic carboxylic acids is 1. The van der Waals surface area contributed by atoms with Crippen LogP contribution in [0, 0.1) is 5.92 Å². The molecule has 1 aromatic rings. The van der Waals surface area contributed by atoms with Crippen molar-refractivity contribution in [3.63, 3.8) is 0 Å². The van der Waals surface area contributed by atoms with Crippen molar-refractivity contribution in [1.29, 1.82) is 0 Å². The molecular weight excluding hydrogens is 338 g/mol. The monoisotopic (exact) mass is 357 g/mol. The third-order valence-electron chi connectivity index (χ3n) is 2.80. The van der Waals surface area contributed by atoms with Gasteiger partial charge < -0.3 is 15.6 Å². The van der Waals surface area contributed by atoms with E-state index in [9.17, 15) is 14.7 Å². The molecule has 2 atom stereocenters. The molecule has 0 aliphatic heterocycles. The van der Waals surface area contributed by atoms with Gasteiger partial charge in [0.25, 0.3) is 0 Å². The number of carboxylic acid groups (broad SMARTS) is 1. The number of carboxylic acids is 1. The van der Waals surface area contributed by atoms with Gasteiger partial charge in [-0.05, 0) is 44.9 Å². The van der Waals surface area contributed by atoms with Crippen LogP contribution in [0.15, 0.2) is 28.7 Å². The number of hydrogen-bond acceptors (Lipinski definition) is 4. The van der Waals surface area contributed by atoms with Crippen LogP contribution in [0.5, 0.6) is 0 Å². The summed E-state index contributed by atoms with van der Waals surface area (Å²) in [4.78, 5) is 23.3. The lowest BCUT2D eigenvalue weighted by molar-refractivity contribution is -0.161. The Hall–Kier alpha value is -1.40. The molecule has 0 amide bonds. The Morgan fingerprint density at radius 2 is 1.81 bits per heavy atom. The molecule has 0 aliphatic carbocycles. The van der Waals surface area contributed by atoms with Crippen molar-refractivity contribution in [3.8, 4) is 0 Å². The molecule has 2 unspecified atom stereocenters. The van der Waals surface area contributed by atoms with Crippen molar-refractivity contribution in [2.24, 2.45) is 11.7 Å². The van der Waals surface area contributed by atoms with E-state index < -0.39 is 29.5 Å². The van der Waals surface area contributed by atoms with Gasteiger partial charge in [-0.2, -0.15) is 0 Å². The molecule has 0 heterocycles. The summed E-state index contributed by atoms with van der Waals surface area (Å²) in [5, 5.41) is 9.31. The Morgan fingerprint density at radius 3 is 2.24 bits per heavy atom. The SMILES string of the molecule is CC(C)(C)OC(=O)C(N)C(Cc1ccc(Br)cc1)C(=O)O. The third-order valence-corrected chi connectivity index (χ3v) is 3.33. The van der Waals surface area contributed by atoms with Crippen LogP contribution in [0.25, 0.3) is 0 Å². The molecule has 3 N–H and O–H groups in total. The summed E-state index contributed by atoms with van der Waals surface area (Å²) in [6, 6.07) is 6.01. The van der Waals surface area contributed by atoms with E-state index in [2.05, 4.69) is 15.9 Å². The van der Waals surface area contributed by atoms with Gasteiger partial charge in [0.2, 0.25) is 0 Å². The maximum Gasteiger partial charge on any atom is 0.324 e. The number of ether oxygens (including phenoxy) is 1. The van der Waals surface area contributed by atoms with Crippen LogP contribution in [0.1, 0.15) is 26.3 Å². The smallest absolute Gasteiger partial charge is 0.324 e. The van der Waals surface area contributed by atoms with Crippen molar-refractivity contribution >= 4 is 27.9 Å². The van der Waals surface area contributed by atoms with Gasteiger partial charge in [0.15, 0.2) is 0 Å². The first-order chi connectivity index (χ1) is 9.60. The van der Waals surface area contributed by atoms with Gasteiger partial charge in [-0.3, -0.25) is 9.59 Å². The fraction of sp³-hybridized carbons (Fsp3) is 0.467. The second kappa shape index (κ2) is 7.04. The Kier molecular flexibility index (Phi) is 5.92. The van der Waals surface area contributed by atoms with E-state index in [0.29, 0.717) is 0 Å². The fourth-order valence-corrected chi connectivity index (χ4v) is 2.04. The minimum Gasteiger partial charge on any atom is -0.481 e. The molecule has 1 rings (SSSR count). The highest BCUT2D eigenvalue weighted by Crippen LogP contribution is 2.18. The Bertz CT molecular complexity index is 507. The summed E-state index contributed by atoms with van der Waals surface area (Å²) < 4.78 is 6.05. The highest BCUT2D eigenvalue weighted by Gasteiger charge is 2.33. The summed E-state index contributed by atoms with van der Waals surface area (Å²) >= 11 is 3.31. The minimum absolute atomic E-state index is 0.170. The first kappa shape index (κ1) is 17.7. The number of rotatable bonds is 5. The number of carbonyl (C=O) groups excluding carboxylic acids is 1. The van der Waals surface area contributed by atoms with Gasteiger partial charge in [-0.15, -0.1) is 0 Å². The predicted octanol–water partition coefficient (Wildman–Crippen LogP) is 2.36. The lowest BCUT2D eigenvalue weighted by Crippen LogP contribution is -2.46. The van der Waals surface area contributed by atoms with E-state index in [1.54, 1.807) is 32.9 Å². The van der Waals surface area contributed by atoms with Gasteiger partial charge in [-0.1, -0.05) is 28.1 Å². The summed E-state index contributed by atoms with van der Waals surface area (Å²) in [5.41, 5.74) is 5.88. The van der Waals surface area contributed by atoms with Crippen LogP contribution in [0.3, 0.4) is 0 Å². The molecule has 0 saturated heterocycles. The fourth-order valence-electron chi connectivity index (χ4n) is 1.78. The second-order valence-corrected chi connectivity index (χ2v) is 6.75. The summed E-state index contributed by atoms with van der Waals surface area (Å²) in [7, 11) is 0. The van der Waals surface area contributed by atoms with Gasteiger partial charge in [-0.25, -0.2) is 0 Å². The number of hydrogen-bond donors (Lipinski definition) is 2. The molecule has 0 aliphatic rings. The zero-order valence-corrected chi connectivity index (χ0v) is 13.9. The number of halogens is 1. The van der Waals surface area contributed by atoms with Crippen molar-refractivity contribution in [2.45, 2.75) is 38.8 Å². The molecule has 0 fully saturated rings. The van der Waals surface area contributed by atoms with Gasteiger partial charge in [0.05, 0.1) is 5.92 Å². The molecule has 0 saturated carbocycles. The first-order valence-electron chi connectivity index (χ1n) is 6.56. The molecule has 21 heavy (non-hydrogen) atoms. The van der Waals surface area contributed by atoms with Gasteiger partial charge >= 0.3 is 11.9 Å². The lowest BCUT2D eigenvalue weighted by Gasteiger charge is -2.25. The van der Waals surface area contributed by atoms with E-state index in [0.717, 1.165) is 10.0 Å². The molecule has 116 valence electrons. The minimum atomic E-state index is -1.20. The Labute approximate surface area is 132 Å². The number of nitrogens with two attached hydrogens (primary N) is 1. The largest absolute Gasteiger partial charge is 0.481 e. The van der Waals surface area contributed by atoms with Crippen LogP contribution < -0.4 is 5.73 Å². The normalized spacial score (nSPS) is 14.3. The zero-order chi connectivity index (χ0) is 16.2. The maximum atomic E-state index is 11.9. The average Bonchev–Trinajstić information content (AvgIpc) is 2.34. The van der Waals surface area contributed by atoms with Crippen LogP contribution in [-0.4, -0.2) is 28.7 Å². The zero-order valence-electron chi connectivity index (χ0n) is 12.3. The summed E-state index contributed by atoms with van der Waals surface area (Å²) in [6.45, 7) is 5.13. The summed E-state index contributed by atoms with van der Waals surface area (Å²) in [5.74, 6) is -2.84. The van der Waals surface area contributed by atoms with Gasteiger partial charge in [0, 0.05) is 4.47 Å². The van der Waals surface area contributed by atoms with Crippen molar-refractivity contribution in [1.82, 2.24) is 0 Å². The molecule has 0 aromatic heterocycles. The number of esters is 1. The quantitative estimate of drug-likeness (QED) is 0.789. The molecular formula is C15H20BrNO4. The third kappa shape index (κ3) is 5.85. The van der Waals surface area contributed by atoms with Crippen LogP contribution in [0.4, 0.5) is 0 Å². The molecule has 0 radical (unpaired) electrons. The molecule has 0 bridgehead atoms. The van der Waals surface area contributed by atoms with E-state index in [4.69, 9.17) is 10.5 Å². The molecule has 5 nitrogen and oxygen atoms in total. The van der Waals surface area contributed by atoms with E-state index in [1.807, 2.05) is 12.1 Å². The number of carbonyl (C=O) groups is 2. The topological polar surface area (TPSA) is 89.6 Å². The first-order valence-corrected chi connectivity index (χ1v) is 7.35. The predicted molar refractivity (Wildman–Crippen MR) is 82.8 cm³/mol. The van der Waals surface area contributed by atoms with Crippen LogP contribution >= 0.6 is 15.9 Å². The lowest BCUT2D eigenvalue weighted by atomic mass is 9.92. The van der Waals surface area contributed by atoms with E-state index >= 15 is 0 Å². The van der Waals surface area contributed by atoms with Crippen molar-refractivity contribution < 1.29 is 19.4 Å². The van der Waals surface area contributed by atoms with Crippen LogP contribution in [0.2, 0.25) is 0 Å². The highest BCUT2D eigenvalue weighted by atomic mass is 79.9. The Morgan fingerprint density at radius 1 is 1.29 bits per heavy atom. The Balaban J connectivity index is 2.83. The second-order valence-electron chi connectivity index (χ2n) is 5.83.